The molecule has 0 N–H and O–H groups in total. The molecule has 0 aliphatic rings. The third kappa shape index (κ3) is 7.92. The fourth-order valence-electron chi connectivity index (χ4n) is 8.59. The topological polar surface area (TPSA) is 44.8 Å². The van der Waals surface area contributed by atoms with E-state index in [-0.39, 0.29) is 0 Å². The van der Waals surface area contributed by atoms with Gasteiger partial charge in [-0.1, -0.05) is 0 Å². The van der Waals surface area contributed by atoms with Crippen LogP contribution in [0.4, 0.5) is 0 Å². The molecule has 8 heteroatoms. The first-order valence-corrected chi connectivity index (χ1v) is 29.6. The summed E-state index contributed by atoms with van der Waals surface area (Å²) in [5.41, 5.74) is 0. The summed E-state index contributed by atoms with van der Waals surface area (Å²) in [4.78, 5) is 0. The molecule has 0 spiro atoms. The minimum absolute atomic E-state index is 0.920. The molecule has 302 valence electrons. The summed E-state index contributed by atoms with van der Waals surface area (Å²) < 4.78 is 41.9. The van der Waals surface area contributed by atoms with Gasteiger partial charge in [0.2, 0.25) is 0 Å². The SMILES string of the molecule is O=[As](O[Si](c1ccccc1)(c1ccccc1)c1ccccc1)(O[Si](c1ccccc1)(c1ccccc1)c1ccccc1)O[Si](c1ccccc1)(c1ccccc1)c1ccccc1. The van der Waals surface area contributed by atoms with Crippen LogP contribution < -0.4 is 46.7 Å². The van der Waals surface area contributed by atoms with Gasteiger partial charge in [-0.2, -0.15) is 0 Å². The van der Waals surface area contributed by atoms with Crippen LogP contribution in [0.3, 0.4) is 0 Å². The third-order valence-corrected chi connectivity index (χ3v) is 32.6. The van der Waals surface area contributed by atoms with Crippen molar-refractivity contribution in [2.45, 2.75) is 0 Å². The van der Waals surface area contributed by atoms with Crippen LogP contribution in [0, 0.1) is 0 Å². The van der Waals surface area contributed by atoms with Crippen LogP contribution in [0.2, 0.25) is 0 Å². The Labute approximate surface area is 370 Å². The van der Waals surface area contributed by atoms with Gasteiger partial charge >= 0.3 is 373 Å². The molecule has 9 aromatic rings. The van der Waals surface area contributed by atoms with Crippen molar-refractivity contribution in [2.24, 2.45) is 0 Å². The van der Waals surface area contributed by atoms with Crippen molar-refractivity contribution in [1.29, 1.82) is 0 Å². The molecule has 0 aromatic heterocycles. The van der Waals surface area contributed by atoms with E-state index in [4.69, 9.17) is 10.2 Å². The van der Waals surface area contributed by atoms with E-state index in [9.17, 15) is 0 Å². The molecule has 0 bridgehead atoms. The molecule has 0 fully saturated rings. The van der Waals surface area contributed by atoms with Crippen LogP contribution in [0.5, 0.6) is 0 Å². The van der Waals surface area contributed by atoms with Gasteiger partial charge in [-0.25, -0.2) is 0 Å². The molecular weight excluding hydrogens is 872 g/mol. The number of rotatable bonds is 15. The van der Waals surface area contributed by atoms with E-state index in [0.717, 1.165) is 46.7 Å². The van der Waals surface area contributed by atoms with Crippen molar-refractivity contribution < 1.29 is 14.0 Å². The molecule has 0 unspecified atom stereocenters. The Morgan fingerprint density at radius 1 is 0.210 bits per heavy atom. The van der Waals surface area contributed by atoms with Gasteiger partial charge in [-0.3, -0.25) is 0 Å². The van der Waals surface area contributed by atoms with Crippen molar-refractivity contribution in [3.05, 3.63) is 273 Å². The van der Waals surface area contributed by atoms with Gasteiger partial charge in [-0.15, -0.1) is 0 Å². The van der Waals surface area contributed by atoms with Gasteiger partial charge in [0, 0.05) is 0 Å². The first-order chi connectivity index (χ1) is 30.6. The van der Waals surface area contributed by atoms with E-state index in [0.29, 0.717) is 0 Å². The molecule has 0 radical (unpaired) electrons. The summed E-state index contributed by atoms with van der Waals surface area (Å²) in [5, 5.41) is 8.28. The molecular formula is C54H45AsO4Si3. The first kappa shape index (κ1) is 41.2. The fraction of sp³-hybridized carbons (Fsp3) is 0. The van der Waals surface area contributed by atoms with Crippen LogP contribution in [0.1, 0.15) is 0 Å². The van der Waals surface area contributed by atoms with E-state index in [1.807, 2.05) is 164 Å². The zero-order valence-corrected chi connectivity index (χ0v) is 38.9. The summed E-state index contributed by atoms with van der Waals surface area (Å²) >= 11 is -5.93. The number of hydrogen-bond donors (Lipinski definition) is 0. The predicted molar refractivity (Wildman–Crippen MR) is 262 cm³/mol. The normalized spacial score (nSPS) is 12.1. The zero-order valence-electron chi connectivity index (χ0n) is 34.1. The van der Waals surface area contributed by atoms with Gasteiger partial charge in [-0.05, 0) is 0 Å². The quantitative estimate of drug-likeness (QED) is 0.0951. The van der Waals surface area contributed by atoms with Gasteiger partial charge < -0.3 is 0 Å². The van der Waals surface area contributed by atoms with Crippen molar-refractivity contribution in [2.75, 3.05) is 0 Å². The van der Waals surface area contributed by atoms with Crippen molar-refractivity contribution >= 4 is 86.1 Å². The van der Waals surface area contributed by atoms with Crippen molar-refractivity contribution in [1.82, 2.24) is 0 Å². The fourth-order valence-corrected chi connectivity index (χ4v) is 34.4. The minimum atomic E-state index is -5.93. The van der Waals surface area contributed by atoms with E-state index < -0.39 is 39.5 Å². The van der Waals surface area contributed by atoms with Crippen molar-refractivity contribution in [3.63, 3.8) is 0 Å². The van der Waals surface area contributed by atoms with Crippen molar-refractivity contribution in [3.8, 4) is 0 Å². The summed E-state index contributed by atoms with van der Waals surface area (Å²) in [6.45, 7) is 0. The van der Waals surface area contributed by atoms with E-state index in [1.165, 1.54) is 0 Å². The summed E-state index contributed by atoms with van der Waals surface area (Å²) in [6.07, 6.45) is 0. The second kappa shape index (κ2) is 18.5. The van der Waals surface area contributed by atoms with Gasteiger partial charge in [0.15, 0.2) is 0 Å². The van der Waals surface area contributed by atoms with Gasteiger partial charge in [0.25, 0.3) is 0 Å². The van der Waals surface area contributed by atoms with Gasteiger partial charge in [0.05, 0.1) is 0 Å². The van der Waals surface area contributed by atoms with E-state index >= 15 is 3.74 Å². The Bertz CT molecular complexity index is 2220. The Morgan fingerprint density at radius 3 is 0.435 bits per heavy atom. The molecule has 0 saturated heterocycles. The molecule has 0 saturated carbocycles. The Balaban J connectivity index is 1.42. The first-order valence-electron chi connectivity index (χ1n) is 20.8. The average molecular weight is 917 g/mol. The van der Waals surface area contributed by atoms with E-state index in [2.05, 4.69) is 109 Å². The Kier molecular flexibility index (Phi) is 12.3. The maximum atomic E-state index is 17.9. The monoisotopic (exact) mass is 916 g/mol. The Morgan fingerprint density at radius 2 is 0.323 bits per heavy atom. The molecule has 0 heterocycles. The molecule has 0 atom stereocenters. The van der Waals surface area contributed by atoms with Crippen LogP contribution in [0.15, 0.2) is 273 Å². The average Bonchev–Trinajstić information content (AvgIpc) is 3.37. The summed E-state index contributed by atoms with van der Waals surface area (Å²) in [5.74, 6) is 0. The zero-order chi connectivity index (χ0) is 42.1. The predicted octanol–water partition coefficient (Wildman–Crippen LogP) is 5.90. The molecule has 0 amide bonds. The molecule has 0 aliphatic heterocycles. The molecule has 0 aliphatic carbocycles. The van der Waals surface area contributed by atoms with Crippen LogP contribution in [0.25, 0.3) is 0 Å². The Hall–Kier alpha value is -6.13. The molecule has 9 rings (SSSR count). The number of hydrogen-bond acceptors (Lipinski definition) is 4. The third-order valence-electron chi connectivity index (χ3n) is 11.4. The summed E-state index contributed by atoms with van der Waals surface area (Å²) in [6, 6.07) is 92.3. The number of benzene rings is 9. The molecule has 62 heavy (non-hydrogen) atoms. The van der Waals surface area contributed by atoms with Crippen LogP contribution in [-0.4, -0.2) is 39.5 Å². The standard InChI is InChI=1S/C54H45AsO4Si3/c56-55(57-60(46-28-10-1-11-29-46,47-30-12-2-13-31-47)48-32-14-3-15-33-48,58-61(49-34-16-4-17-35-49,50-36-18-5-19-37-50)51-38-20-6-21-39-51)59-62(52-40-22-7-23-41-52,53-42-24-8-25-43-53)54-44-26-9-27-45-54/h1-45H. The summed E-state index contributed by atoms with van der Waals surface area (Å²) in [7, 11) is -11.4. The molecule has 4 nitrogen and oxygen atoms in total. The molecule has 9 aromatic carbocycles. The second-order valence-corrected chi connectivity index (χ2v) is 30.2. The second-order valence-electron chi connectivity index (χ2n) is 15.1. The van der Waals surface area contributed by atoms with Crippen LogP contribution >= 0.6 is 0 Å². The van der Waals surface area contributed by atoms with E-state index in [1.54, 1.807) is 0 Å². The maximum absolute atomic E-state index is 17.9. The van der Waals surface area contributed by atoms with Gasteiger partial charge in [0.1, 0.15) is 0 Å². The van der Waals surface area contributed by atoms with Crippen LogP contribution in [-0.2, 0) is 14.0 Å².